The molecule has 1 rings (SSSR count). The molecule has 0 amide bonds. The van der Waals surface area contributed by atoms with Gasteiger partial charge in [0, 0.05) is 6.42 Å². The minimum absolute atomic E-state index is 0.00859. The van der Waals surface area contributed by atoms with Gasteiger partial charge in [0.1, 0.15) is 5.75 Å². The molecule has 1 aromatic carbocycles. The molecule has 20 heavy (non-hydrogen) atoms. The predicted molar refractivity (Wildman–Crippen MR) is 77.5 cm³/mol. The Morgan fingerprint density at radius 2 is 1.80 bits per heavy atom. The Hall–Kier alpha value is -1.84. The van der Waals surface area contributed by atoms with E-state index in [0.717, 1.165) is 5.56 Å². The molecule has 4 nitrogen and oxygen atoms in total. The number of carbonyl (C=O) groups is 2. The number of carboxylic acids is 1. The van der Waals surface area contributed by atoms with Crippen LogP contribution in [0.3, 0.4) is 0 Å². The Morgan fingerprint density at radius 1 is 1.15 bits per heavy atom. The van der Waals surface area contributed by atoms with Crippen LogP contribution in [0.1, 0.15) is 62.4 Å². The second-order valence-corrected chi connectivity index (χ2v) is 5.39. The summed E-state index contributed by atoms with van der Waals surface area (Å²) in [5.74, 6) is -0.329. The van der Waals surface area contributed by atoms with Crippen LogP contribution in [0.4, 0.5) is 0 Å². The van der Waals surface area contributed by atoms with E-state index in [0.29, 0.717) is 17.2 Å². The average Bonchev–Trinajstić information content (AvgIpc) is 2.35. The highest BCUT2D eigenvalue weighted by molar-refractivity contribution is 6.00. The topological polar surface area (TPSA) is 63.6 Å². The fourth-order valence-electron chi connectivity index (χ4n) is 1.84. The van der Waals surface area contributed by atoms with Gasteiger partial charge < -0.3 is 9.84 Å². The molecular weight excluding hydrogens is 256 g/mol. The van der Waals surface area contributed by atoms with Gasteiger partial charge in [-0.2, -0.15) is 0 Å². The molecule has 0 saturated heterocycles. The Bertz CT molecular complexity index is 489. The molecule has 0 aliphatic carbocycles. The Morgan fingerprint density at radius 3 is 2.30 bits per heavy atom. The molecule has 0 bridgehead atoms. The molecule has 0 atom stereocenters. The maximum Gasteiger partial charge on any atom is 0.303 e. The first kappa shape index (κ1) is 16.2. The summed E-state index contributed by atoms with van der Waals surface area (Å²) in [4.78, 5) is 22.8. The fourth-order valence-corrected chi connectivity index (χ4v) is 1.84. The number of aliphatic carboxylic acids is 1. The molecule has 0 unspecified atom stereocenters. The second-order valence-electron chi connectivity index (χ2n) is 5.39. The lowest BCUT2D eigenvalue weighted by molar-refractivity contribution is -0.136. The number of Topliss-reactive ketones (excluding diaryl/α,β-unsaturated/α-hetero) is 1. The minimum atomic E-state index is -0.968. The molecule has 0 aliphatic heterocycles. The lowest BCUT2D eigenvalue weighted by Crippen LogP contribution is -2.11. The van der Waals surface area contributed by atoms with E-state index in [1.54, 1.807) is 6.07 Å². The second kappa shape index (κ2) is 7.08. The van der Waals surface area contributed by atoms with Crippen LogP contribution in [-0.2, 0) is 4.79 Å². The monoisotopic (exact) mass is 278 g/mol. The van der Waals surface area contributed by atoms with Gasteiger partial charge in [0.2, 0.25) is 0 Å². The van der Waals surface area contributed by atoms with Gasteiger partial charge in [0.25, 0.3) is 0 Å². The Kier molecular flexibility index (Phi) is 5.74. The third-order valence-electron chi connectivity index (χ3n) is 2.90. The first-order chi connectivity index (χ1) is 9.31. The van der Waals surface area contributed by atoms with Gasteiger partial charge in [-0.25, -0.2) is 0 Å². The van der Waals surface area contributed by atoms with Crippen molar-refractivity contribution in [2.45, 2.75) is 52.6 Å². The van der Waals surface area contributed by atoms with Gasteiger partial charge in [-0.1, -0.05) is 19.9 Å². The quantitative estimate of drug-likeness (QED) is 0.773. The summed E-state index contributed by atoms with van der Waals surface area (Å²) in [6, 6.07) is 5.55. The van der Waals surface area contributed by atoms with Crippen LogP contribution >= 0.6 is 0 Å². The van der Waals surface area contributed by atoms with Crippen LogP contribution in [0.15, 0.2) is 18.2 Å². The van der Waals surface area contributed by atoms with Crippen molar-refractivity contribution in [2.75, 3.05) is 0 Å². The average molecular weight is 278 g/mol. The van der Waals surface area contributed by atoms with E-state index in [2.05, 4.69) is 0 Å². The summed E-state index contributed by atoms with van der Waals surface area (Å²) in [6.07, 6.45) is -0.206. The summed E-state index contributed by atoms with van der Waals surface area (Å²) in [6.45, 7) is 7.87. The van der Waals surface area contributed by atoms with Gasteiger partial charge in [-0.3, -0.25) is 9.59 Å². The van der Waals surface area contributed by atoms with E-state index >= 15 is 0 Å². The standard InChI is InChI=1S/C16H22O4/c1-10(2)12-5-7-15(20-11(3)4)13(9-12)14(17)6-8-16(18)19/h5,7,9-11H,6,8H2,1-4H3,(H,18,19). The molecule has 0 aromatic heterocycles. The van der Waals surface area contributed by atoms with Crippen molar-refractivity contribution >= 4 is 11.8 Å². The van der Waals surface area contributed by atoms with E-state index in [1.807, 2.05) is 39.8 Å². The first-order valence-electron chi connectivity index (χ1n) is 6.86. The number of carboxylic acid groups (broad SMARTS) is 1. The molecule has 0 aliphatic rings. The van der Waals surface area contributed by atoms with Crippen LogP contribution in [0.2, 0.25) is 0 Å². The van der Waals surface area contributed by atoms with Crippen molar-refractivity contribution in [1.82, 2.24) is 0 Å². The molecule has 1 N–H and O–H groups in total. The van der Waals surface area contributed by atoms with Crippen molar-refractivity contribution < 1.29 is 19.4 Å². The summed E-state index contributed by atoms with van der Waals surface area (Å²) in [7, 11) is 0. The highest BCUT2D eigenvalue weighted by atomic mass is 16.5. The number of benzene rings is 1. The third kappa shape index (κ3) is 4.68. The smallest absolute Gasteiger partial charge is 0.303 e. The fraction of sp³-hybridized carbons (Fsp3) is 0.500. The third-order valence-corrected chi connectivity index (χ3v) is 2.90. The van der Waals surface area contributed by atoms with E-state index < -0.39 is 5.97 Å². The number of ether oxygens (including phenoxy) is 1. The Labute approximate surface area is 119 Å². The zero-order valence-electron chi connectivity index (χ0n) is 12.5. The molecule has 110 valence electrons. The van der Waals surface area contributed by atoms with Crippen LogP contribution < -0.4 is 4.74 Å². The molecule has 1 aromatic rings. The normalized spacial score (nSPS) is 10.9. The number of hydrogen-bond donors (Lipinski definition) is 1. The molecule has 0 fully saturated rings. The lowest BCUT2D eigenvalue weighted by atomic mass is 9.97. The summed E-state index contributed by atoms with van der Waals surface area (Å²) in [5.41, 5.74) is 1.52. The van der Waals surface area contributed by atoms with Gasteiger partial charge in [-0.15, -0.1) is 0 Å². The number of rotatable bonds is 7. The largest absolute Gasteiger partial charge is 0.490 e. The predicted octanol–water partition coefficient (Wildman–Crippen LogP) is 3.64. The van der Waals surface area contributed by atoms with Gasteiger partial charge in [0.05, 0.1) is 18.1 Å². The SMILES string of the molecule is CC(C)Oc1ccc(C(C)C)cc1C(=O)CCC(=O)O. The first-order valence-corrected chi connectivity index (χ1v) is 6.86. The van der Waals surface area contributed by atoms with Crippen LogP contribution in [-0.4, -0.2) is 23.0 Å². The van der Waals surface area contributed by atoms with Crippen LogP contribution in [0.25, 0.3) is 0 Å². The molecule has 0 spiro atoms. The Balaban J connectivity index is 3.06. The number of hydrogen-bond acceptors (Lipinski definition) is 3. The van der Waals surface area contributed by atoms with Crippen molar-refractivity contribution in [1.29, 1.82) is 0 Å². The molecule has 4 heteroatoms. The van der Waals surface area contributed by atoms with Crippen molar-refractivity contribution in [3.8, 4) is 5.75 Å². The van der Waals surface area contributed by atoms with Gasteiger partial charge >= 0.3 is 5.97 Å². The molecule has 0 saturated carbocycles. The van der Waals surface area contributed by atoms with Crippen molar-refractivity contribution in [2.24, 2.45) is 0 Å². The zero-order valence-corrected chi connectivity index (χ0v) is 12.5. The minimum Gasteiger partial charge on any atom is -0.490 e. The highest BCUT2D eigenvalue weighted by Gasteiger charge is 2.16. The van der Waals surface area contributed by atoms with Crippen LogP contribution in [0, 0.1) is 0 Å². The zero-order chi connectivity index (χ0) is 15.3. The maximum absolute atomic E-state index is 12.2. The highest BCUT2D eigenvalue weighted by Crippen LogP contribution is 2.26. The van der Waals surface area contributed by atoms with Crippen molar-refractivity contribution in [3.63, 3.8) is 0 Å². The molecular formula is C16H22O4. The lowest BCUT2D eigenvalue weighted by Gasteiger charge is -2.16. The summed E-state index contributed by atoms with van der Waals surface area (Å²) >= 11 is 0. The molecule has 0 radical (unpaired) electrons. The van der Waals surface area contributed by atoms with E-state index in [-0.39, 0.29) is 24.7 Å². The van der Waals surface area contributed by atoms with Gasteiger partial charge in [0.15, 0.2) is 5.78 Å². The molecule has 0 heterocycles. The van der Waals surface area contributed by atoms with Crippen molar-refractivity contribution in [3.05, 3.63) is 29.3 Å². The summed E-state index contributed by atoms with van der Waals surface area (Å²) < 4.78 is 5.64. The van der Waals surface area contributed by atoms with E-state index in [1.165, 1.54) is 0 Å². The van der Waals surface area contributed by atoms with Gasteiger partial charge in [-0.05, 0) is 37.5 Å². The number of carbonyl (C=O) groups excluding carboxylic acids is 1. The van der Waals surface area contributed by atoms with E-state index in [9.17, 15) is 9.59 Å². The maximum atomic E-state index is 12.2. The van der Waals surface area contributed by atoms with Crippen LogP contribution in [0.5, 0.6) is 5.75 Å². The number of ketones is 1. The summed E-state index contributed by atoms with van der Waals surface area (Å²) in [5, 5.41) is 8.68. The van der Waals surface area contributed by atoms with E-state index in [4.69, 9.17) is 9.84 Å².